The Bertz CT molecular complexity index is 1050. The molecular formula is C28H42N6OS. The van der Waals surface area contributed by atoms with Crippen molar-refractivity contribution < 1.29 is 4.74 Å². The monoisotopic (exact) mass is 510 g/mol. The quantitative estimate of drug-likeness (QED) is 0.226. The molecule has 0 radical (unpaired) electrons. The van der Waals surface area contributed by atoms with Crippen molar-refractivity contribution in [1.82, 2.24) is 19.8 Å². The molecule has 196 valence electrons. The van der Waals surface area contributed by atoms with E-state index in [0.717, 1.165) is 40.7 Å². The predicted octanol–water partition coefficient (Wildman–Crippen LogP) is 5.12. The molecule has 0 saturated heterocycles. The molecule has 0 amide bonds. The van der Waals surface area contributed by atoms with Crippen LogP contribution in [0.3, 0.4) is 0 Å². The number of aromatic nitrogens is 2. The van der Waals surface area contributed by atoms with Crippen LogP contribution in [0, 0.1) is 5.92 Å². The van der Waals surface area contributed by atoms with Crippen LogP contribution in [0.25, 0.3) is 10.2 Å². The van der Waals surface area contributed by atoms with Gasteiger partial charge in [0.1, 0.15) is 5.01 Å². The number of nitrogens with two attached hydrogens (primary N) is 1. The number of rotatable bonds is 15. The average Bonchev–Trinajstić information content (AvgIpc) is 3.29. The van der Waals surface area contributed by atoms with Gasteiger partial charge in [-0.1, -0.05) is 44.5 Å². The molecule has 0 bridgehead atoms. The lowest BCUT2D eigenvalue weighted by atomic mass is 10.1. The average molecular weight is 511 g/mol. The van der Waals surface area contributed by atoms with E-state index in [4.69, 9.17) is 15.5 Å². The highest BCUT2D eigenvalue weighted by Gasteiger charge is 2.26. The van der Waals surface area contributed by atoms with E-state index in [0.29, 0.717) is 13.3 Å². The summed E-state index contributed by atoms with van der Waals surface area (Å²) in [5.74, 6) is 0.721. The molecule has 2 aromatic heterocycles. The Hall–Kier alpha value is -2.23. The Morgan fingerprint density at radius 1 is 1.22 bits per heavy atom. The van der Waals surface area contributed by atoms with Crippen LogP contribution < -0.4 is 5.73 Å². The third-order valence-corrected chi connectivity index (χ3v) is 7.55. The van der Waals surface area contributed by atoms with Crippen molar-refractivity contribution in [3.63, 3.8) is 0 Å². The maximum absolute atomic E-state index is 6.71. The number of nitrogens with zero attached hydrogens (tertiary/aromatic N) is 5. The summed E-state index contributed by atoms with van der Waals surface area (Å²) in [6.07, 6.45) is 8.73. The van der Waals surface area contributed by atoms with Crippen LogP contribution in [0.15, 0.2) is 47.7 Å². The van der Waals surface area contributed by atoms with Crippen molar-refractivity contribution >= 4 is 27.8 Å². The van der Waals surface area contributed by atoms with E-state index >= 15 is 0 Å². The summed E-state index contributed by atoms with van der Waals surface area (Å²) < 4.78 is 7.23. The fourth-order valence-corrected chi connectivity index (χ4v) is 5.63. The van der Waals surface area contributed by atoms with Crippen LogP contribution >= 0.6 is 11.3 Å². The normalized spacial score (nSPS) is 14.8. The van der Waals surface area contributed by atoms with Crippen molar-refractivity contribution in [2.45, 2.75) is 58.3 Å². The van der Waals surface area contributed by atoms with Gasteiger partial charge in [-0.05, 0) is 56.3 Å². The van der Waals surface area contributed by atoms with E-state index in [1.165, 1.54) is 24.0 Å². The molecule has 0 saturated carbocycles. The highest BCUT2D eigenvalue weighted by Crippen LogP contribution is 2.28. The van der Waals surface area contributed by atoms with Crippen molar-refractivity contribution in [2.75, 3.05) is 34.4 Å². The van der Waals surface area contributed by atoms with Crippen LogP contribution in [-0.2, 0) is 17.9 Å². The largest absolute Gasteiger partial charge is 0.361 e. The Morgan fingerprint density at radius 2 is 2.03 bits per heavy atom. The standard InChI is InChI=1S/C28H42N6OS/c1-6-8-21(2)17-33(4)18-22-9-7-10-23(15-22)19-35-20-34(5)25(11-13-30-3)27(29)28-32-24-16-31-14-12-26(24)36-28/h7,9-10,12-16,21,25,27H,6,8,11,17-20,29H2,1-5H3. The van der Waals surface area contributed by atoms with Gasteiger partial charge in [0.2, 0.25) is 0 Å². The van der Waals surface area contributed by atoms with Crippen molar-refractivity contribution in [1.29, 1.82) is 0 Å². The fraction of sp³-hybridized carbons (Fsp3) is 0.536. The zero-order chi connectivity index (χ0) is 25.9. The number of pyridine rings is 1. The van der Waals surface area contributed by atoms with Gasteiger partial charge in [-0.15, -0.1) is 11.3 Å². The van der Waals surface area contributed by atoms with Crippen molar-refractivity contribution in [2.24, 2.45) is 16.6 Å². The smallest absolute Gasteiger partial charge is 0.112 e. The molecular weight excluding hydrogens is 468 g/mol. The van der Waals surface area contributed by atoms with Crippen LogP contribution in [0.1, 0.15) is 55.3 Å². The molecule has 8 heteroatoms. The van der Waals surface area contributed by atoms with Gasteiger partial charge in [-0.2, -0.15) is 0 Å². The van der Waals surface area contributed by atoms with Gasteiger partial charge in [0.25, 0.3) is 0 Å². The lowest BCUT2D eigenvalue weighted by molar-refractivity contribution is 0.00707. The molecule has 36 heavy (non-hydrogen) atoms. The van der Waals surface area contributed by atoms with Gasteiger partial charge in [-0.3, -0.25) is 9.88 Å². The number of thiazole rings is 1. The molecule has 3 aromatic rings. The summed E-state index contributed by atoms with van der Waals surface area (Å²) in [4.78, 5) is 17.7. The minimum atomic E-state index is -0.247. The van der Waals surface area contributed by atoms with Gasteiger partial charge in [0, 0.05) is 32.4 Å². The van der Waals surface area contributed by atoms with Crippen LogP contribution in [-0.4, -0.2) is 66.4 Å². The zero-order valence-corrected chi connectivity index (χ0v) is 23.2. The third kappa shape index (κ3) is 8.42. The fourth-order valence-electron chi connectivity index (χ4n) is 4.63. The minimum absolute atomic E-state index is 0.0207. The summed E-state index contributed by atoms with van der Waals surface area (Å²) in [5.41, 5.74) is 10.1. The van der Waals surface area contributed by atoms with Crippen molar-refractivity contribution in [3.8, 4) is 0 Å². The van der Waals surface area contributed by atoms with E-state index in [1.807, 2.05) is 19.3 Å². The maximum Gasteiger partial charge on any atom is 0.112 e. The van der Waals surface area contributed by atoms with E-state index in [1.54, 1.807) is 30.8 Å². The second-order valence-electron chi connectivity index (χ2n) is 9.81. The molecule has 0 spiro atoms. The number of fused-ring (bicyclic) bond motifs is 1. The molecule has 3 unspecified atom stereocenters. The van der Waals surface area contributed by atoms with Gasteiger partial charge in [0.15, 0.2) is 0 Å². The highest BCUT2D eigenvalue weighted by molar-refractivity contribution is 7.18. The number of ether oxygens (including phenoxy) is 1. The lowest BCUT2D eigenvalue weighted by Gasteiger charge is -2.30. The topological polar surface area (TPSA) is 79.9 Å². The summed E-state index contributed by atoms with van der Waals surface area (Å²) in [6, 6.07) is 10.5. The first kappa shape index (κ1) is 28.3. The first-order valence-corrected chi connectivity index (χ1v) is 13.6. The van der Waals surface area contributed by atoms with E-state index in [2.05, 4.69) is 64.9 Å². The van der Waals surface area contributed by atoms with Crippen LogP contribution in [0.2, 0.25) is 0 Å². The van der Waals surface area contributed by atoms with Gasteiger partial charge in [-0.25, -0.2) is 4.98 Å². The number of hydrogen-bond acceptors (Lipinski definition) is 8. The van der Waals surface area contributed by atoms with Gasteiger partial charge >= 0.3 is 0 Å². The zero-order valence-electron chi connectivity index (χ0n) is 22.4. The van der Waals surface area contributed by atoms with Crippen LogP contribution in [0.5, 0.6) is 0 Å². The summed E-state index contributed by atoms with van der Waals surface area (Å²) >= 11 is 1.63. The molecule has 0 aliphatic rings. The summed E-state index contributed by atoms with van der Waals surface area (Å²) in [5, 5.41) is 0.907. The van der Waals surface area contributed by atoms with E-state index in [9.17, 15) is 0 Å². The Kier molecular flexibility index (Phi) is 11.4. The SMILES string of the molecule is CCCC(C)CN(C)Cc1cccc(COCN(C)C(CC=NC)C(N)c2nc3cnccc3s2)c1. The molecule has 0 aliphatic heterocycles. The molecule has 1 aromatic carbocycles. The van der Waals surface area contributed by atoms with Crippen LogP contribution in [0.4, 0.5) is 0 Å². The second kappa shape index (κ2) is 14.5. The number of hydrogen-bond donors (Lipinski definition) is 1. The summed E-state index contributed by atoms with van der Waals surface area (Å²) in [7, 11) is 6.04. The molecule has 7 nitrogen and oxygen atoms in total. The number of benzene rings is 1. The molecule has 3 atom stereocenters. The van der Waals surface area contributed by atoms with E-state index in [-0.39, 0.29) is 12.1 Å². The highest BCUT2D eigenvalue weighted by atomic mass is 32.1. The number of aliphatic imine (C=N–C) groups is 1. The summed E-state index contributed by atoms with van der Waals surface area (Å²) in [6.45, 7) is 7.69. The number of likely N-dealkylation sites (N-methyl/N-ethyl adjacent to an activating group) is 1. The second-order valence-corrected chi connectivity index (χ2v) is 10.9. The van der Waals surface area contributed by atoms with Gasteiger partial charge < -0.3 is 20.4 Å². The molecule has 0 aliphatic carbocycles. The molecule has 2 heterocycles. The Balaban J connectivity index is 1.56. The first-order chi connectivity index (χ1) is 17.4. The lowest BCUT2D eigenvalue weighted by Crippen LogP contribution is -2.42. The maximum atomic E-state index is 6.71. The Morgan fingerprint density at radius 3 is 2.78 bits per heavy atom. The van der Waals surface area contributed by atoms with Crippen molar-refractivity contribution in [3.05, 3.63) is 58.9 Å². The molecule has 3 rings (SSSR count). The molecule has 0 fully saturated rings. The predicted molar refractivity (Wildman–Crippen MR) is 151 cm³/mol. The van der Waals surface area contributed by atoms with Gasteiger partial charge in [0.05, 0.1) is 35.8 Å². The first-order valence-electron chi connectivity index (χ1n) is 12.8. The third-order valence-electron chi connectivity index (χ3n) is 6.41. The molecule has 2 N–H and O–H groups in total. The van der Waals surface area contributed by atoms with E-state index < -0.39 is 0 Å². The minimum Gasteiger partial charge on any atom is -0.361 e. The Labute approximate surface area is 220 Å².